The fraction of sp³-hybridized carbons (Fsp3) is 0.200. The molecule has 0 saturated carbocycles. The molecule has 0 radical (unpaired) electrons. The molecule has 0 spiro atoms. The van der Waals surface area contributed by atoms with Crippen LogP contribution in [0, 0.1) is 0 Å². The molecule has 1 aromatic carbocycles. The van der Waals surface area contributed by atoms with Crippen molar-refractivity contribution in [1.29, 1.82) is 0 Å². The van der Waals surface area contributed by atoms with Crippen molar-refractivity contribution < 1.29 is 14.3 Å². The van der Waals surface area contributed by atoms with Crippen LogP contribution < -0.4 is 0 Å². The molecule has 0 fully saturated rings. The summed E-state index contributed by atoms with van der Waals surface area (Å²) < 4.78 is 7.41. The van der Waals surface area contributed by atoms with Gasteiger partial charge in [-0.2, -0.15) is 0 Å². The predicted octanol–water partition coefficient (Wildman–Crippen LogP) is 2.49. The number of aromatic nitrogens is 2. The number of aliphatic hydroxyl groups excluding tert-OH is 1. The molecule has 1 N–H and O–H groups in total. The zero-order valence-corrected chi connectivity index (χ0v) is 10.8. The van der Waals surface area contributed by atoms with E-state index in [9.17, 15) is 4.79 Å². The van der Waals surface area contributed by atoms with Gasteiger partial charge in [0.05, 0.1) is 17.4 Å². The van der Waals surface area contributed by atoms with Crippen LogP contribution in [0.3, 0.4) is 0 Å². The minimum Gasteiger partial charge on any atom is -0.453 e. The molecule has 3 rings (SSSR count). The molecule has 2 aromatic heterocycles. The molecule has 5 heteroatoms. The summed E-state index contributed by atoms with van der Waals surface area (Å²) in [6.07, 6.45) is 3.16. The number of carbonyl (C=O) groups is 1. The molecule has 102 valence electrons. The summed E-state index contributed by atoms with van der Waals surface area (Å²) in [7, 11) is 0. The summed E-state index contributed by atoms with van der Waals surface area (Å²) in [5, 5.41) is 8.88. The number of fused-ring (bicyclic) bond motifs is 1. The van der Waals surface area contributed by atoms with Crippen LogP contribution >= 0.6 is 0 Å². The second kappa shape index (κ2) is 5.30. The lowest BCUT2D eigenvalue weighted by Crippen LogP contribution is -1.98. The van der Waals surface area contributed by atoms with E-state index < -0.39 is 0 Å². The van der Waals surface area contributed by atoms with Gasteiger partial charge in [0.2, 0.25) is 0 Å². The fourth-order valence-corrected chi connectivity index (χ4v) is 2.21. The quantitative estimate of drug-likeness (QED) is 0.723. The first-order valence-electron chi connectivity index (χ1n) is 6.43. The van der Waals surface area contributed by atoms with Gasteiger partial charge in [0.15, 0.2) is 12.0 Å². The van der Waals surface area contributed by atoms with Crippen molar-refractivity contribution in [3.05, 3.63) is 42.4 Å². The van der Waals surface area contributed by atoms with Crippen LogP contribution in [0.25, 0.3) is 22.4 Å². The van der Waals surface area contributed by atoms with E-state index >= 15 is 0 Å². The summed E-state index contributed by atoms with van der Waals surface area (Å²) in [6, 6.07) is 9.25. The van der Waals surface area contributed by atoms with Crippen molar-refractivity contribution in [2.24, 2.45) is 0 Å². The number of aldehydes is 1. The third-order valence-corrected chi connectivity index (χ3v) is 3.21. The maximum atomic E-state index is 10.6. The number of furan rings is 1. The van der Waals surface area contributed by atoms with E-state index in [0.29, 0.717) is 24.2 Å². The van der Waals surface area contributed by atoms with Crippen LogP contribution in [0.2, 0.25) is 0 Å². The van der Waals surface area contributed by atoms with Crippen molar-refractivity contribution in [3.8, 4) is 11.3 Å². The molecule has 5 nitrogen and oxygen atoms in total. The first kappa shape index (κ1) is 12.6. The van der Waals surface area contributed by atoms with E-state index in [1.165, 1.54) is 0 Å². The maximum absolute atomic E-state index is 10.6. The average molecular weight is 270 g/mol. The SMILES string of the molecule is O=Cc1ccc(-c2ccc3c(c2)ncn3CCCO)o1. The summed E-state index contributed by atoms with van der Waals surface area (Å²) in [4.78, 5) is 15.0. The Bertz CT molecular complexity index is 742. The van der Waals surface area contributed by atoms with Crippen LogP contribution in [0.1, 0.15) is 17.0 Å². The lowest BCUT2D eigenvalue weighted by molar-refractivity contribution is 0.110. The van der Waals surface area contributed by atoms with E-state index in [1.54, 1.807) is 18.5 Å². The number of benzene rings is 1. The lowest BCUT2D eigenvalue weighted by atomic mass is 10.1. The molecule has 2 heterocycles. The van der Waals surface area contributed by atoms with Gasteiger partial charge in [0.25, 0.3) is 0 Å². The van der Waals surface area contributed by atoms with Crippen LogP contribution in [-0.2, 0) is 6.54 Å². The number of hydrogen-bond donors (Lipinski definition) is 1. The topological polar surface area (TPSA) is 68.3 Å². The molecule has 0 aliphatic rings. The second-order valence-electron chi connectivity index (χ2n) is 4.54. The number of rotatable bonds is 5. The van der Waals surface area contributed by atoms with Gasteiger partial charge in [0.1, 0.15) is 5.76 Å². The molecule has 0 aliphatic heterocycles. The summed E-state index contributed by atoms with van der Waals surface area (Å²) in [5.74, 6) is 0.965. The Labute approximate surface area is 115 Å². The number of hydrogen-bond acceptors (Lipinski definition) is 4. The molecule has 0 amide bonds. The first-order valence-corrected chi connectivity index (χ1v) is 6.43. The molecule has 0 saturated heterocycles. The average Bonchev–Trinajstić information content (AvgIpc) is 3.11. The Morgan fingerprint density at radius 1 is 1.30 bits per heavy atom. The van der Waals surface area contributed by atoms with Gasteiger partial charge in [-0.25, -0.2) is 4.98 Å². The number of carbonyl (C=O) groups excluding carboxylic acids is 1. The lowest BCUT2D eigenvalue weighted by Gasteiger charge is -2.03. The Morgan fingerprint density at radius 3 is 2.95 bits per heavy atom. The van der Waals surface area contributed by atoms with Crippen molar-refractivity contribution in [2.75, 3.05) is 6.61 Å². The van der Waals surface area contributed by atoms with Gasteiger partial charge in [-0.1, -0.05) is 0 Å². The highest BCUT2D eigenvalue weighted by Crippen LogP contribution is 2.25. The van der Waals surface area contributed by atoms with E-state index in [2.05, 4.69) is 4.98 Å². The van der Waals surface area contributed by atoms with Gasteiger partial charge in [-0.3, -0.25) is 4.79 Å². The Kier molecular flexibility index (Phi) is 3.35. The van der Waals surface area contributed by atoms with Gasteiger partial charge < -0.3 is 14.1 Å². The molecule has 20 heavy (non-hydrogen) atoms. The van der Waals surface area contributed by atoms with E-state index in [4.69, 9.17) is 9.52 Å². The molecule has 0 atom stereocenters. The molecule has 3 aromatic rings. The molecule has 0 bridgehead atoms. The Morgan fingerprint density at radius 2 is 2.20 bits per heavy atom. The maximum Gasteiger partial charge on any atom is 0.185 e. The van der Waals surface area contributed by atoms with Gasteiger partial charge >= 0.3 is 0 Å². The van der Waals surface area contributed by atoms with Crippen LogP contribution in [-0.4, -0.2) is 27.6 Å². The third-order valence-electron chi connectivity index (χ3n) is 3.21. The largest absolute Gasteiger partial charge is 0.453 e. The summed E-state index contributed by atoms with van der Waals surface area (Å²) in [6.45, 7) is 0.904. The smallest absolute Gasteiger partial charge is 0.185 e. The van der Waals surface area contributed by atoms with Gasteiger partial charge in [-0.15, -0.1) is 0 Å². The third kappa shape index (κ3) is 2.23. The van der Waals surface area contributed by atoms with Gasteiger partial charge in [-0.05, 0) is 36.8 Å². The molecule has 0 aliphatic carbocycles. The number of aliphatic hydroxyl groups is 1. The van der Waals surface area contributed by atoms with Crippen molar-refractivity contribution in [2.45, 2.75) is 13.0 Å². The summed E-state index contributed by atoms with van der Waals surface area (Å²) in [5.41, 5.74) is 2.77. The van der Waals surface area contributed by atoms with E-state index in [0.717, 1.165) is 23.1 Å². The van der Waals surface area contributed by atoms with E-state index in [1.807, 2.05) is 22.8 Å². The second-order valence-corrected chi connectivity index (χ2v) is 4.54. The molecular weight excluding hydrogens is 256 g/mol. The normalized spacial score (nSPS) is 11.1. The van der Waals surface area contributed by atoms with Crippen molar-refractivity contribution in [1.82, 2.24) is 9.55 Å². The minimum atomic E-state index is 0.165. The highest BCUT2D eigenvalue weighted by atomic mass is 16.3. The Balaban J connectivity index is 1.96. The van der Waals surface area contributed by atoms with E-state index in [-0.39, 0.29) is 6.61 Å². The minimum absolute atomic E-state index is 0.165. The van der Waals surface area contributed by atoms with Crippen LogP contribution in [0.5, 0.6) is 0 Å². The van der Waals surface area contributed by atoms with Gasteiger partial charge in [0, 0.05) is 18.7 Å². The fourth-order valence-electron chi connectivity index (χ4n) is 2.21. The Hall–Kier alpha value is -2.40. The van der Waals surface area contributed by atoms with Crippen LogP contribution in [0.4, 0.5) is 0 Å². The standard InChI is InChI=1S/C15H14N2O3/c18-7-1-6-17-10-16-13-8-11(2-4-14(13)17)15-5-3-12(9-19)20-15/h2-5,8-10,18H,1,6-7H2. The summed E-state index contributed by atoms with van der Waals surface area (Å²) >= 11 is 0. The highest BCUT2D eigenvalue weighted by molar-refractivity contribution is 5.81. The molecule has 0 unspecified atom stereocenters. The highest BCUT2D eigenvalue weighted by Gasteiger charge is 2.08. The van der Waals surface area contributed by atoms with Crippen molar-refractivity contribution >= 4 is 17.3 Å². The zero-order chi connectivity index (χ0) is 13.9. The van der Waals surface area contributed by atoms with Crippen molar-refractivity contribution in [3.63, 3.8) is 0 Å². The number of nitrogens with zero attached hydrogens (tertiary/aromatic N) is 2. The molecular formula is C15H14N2O3. The predicted molar refractivity (Wildman–Crippen MR) is 74.5 cm³/mol. The monoisotopic (exact) mass is 270 g/mol. The number of aryl methyl sites for hydroxylation is 1. The van der Waals surface area contributed by atoms with Crippen LogP contribution in [0.15, 0.2) is 41.1 Å². The first-order chi connectivity index (χ1) is 9.81. The zero-order valence-electron chi connectivity index (χ0n) is 10.8. The number of imidazole rings is 1.